The largest absolute Gasteiger partial charge is 0.497 e. The number of ether oxygens (including phenoxy) is 1. The van der Waals surface area contributed by atoms with Crippen molar-refractivity contribution in [2.45, 2.75) is 25.8 Å². The fourth-order valence-electron chi connectivity index (χ4n) is 3.82. The lowest BCUT2D eigenvalue weighted by atomic mass is 9.93. The van der Waals surface area contributed by atoms with Crippen LogP contribution in [0.1, 0.15) is 40.7 Å². The standard InChI is InChI=1S/C23H24N2O3/c1-28-18-10-11-19-20(14-18)22(26)25(15-17-8-4-2-5-9-17)23(27)21(19)16-24-12-6-3-7-13-24/h2,4-5,8-11,14,16H,3,6-7,12-13,15H2,1H3/b21-16-. The summed E-state index contributed by atoms with van der Waals surface area (Å²) in [7, 11) is 1.58. The van der Waals surface area contributed by atoms with E-state index >= 15 is 0 Å². The van der Waals surface area contributed by atoms with E-state index < -0.39 is 0 Å². The molecule has 2 aromatic carbocycles. The first-order valence-corrected chi connectivity index (χ1v) is 9.72. The highest BCUT2D eigenvalue weighted by Gasteiger charge is 2.35. The monoisotopic (exact) mass is 376 g/mol. The molecule has 0 radical (unpaired) electrons. The molecule has 0 N–H and O–H groups in total. The number of fused-ring (bicyclic) bond motifs is 1. The van der Waals surface area contributed by atoms with Crippen LogP contribution in [0.3, 0.4) is 0 Å². The predicted molar refractivity (Wildman–Crippen MR) is 108 cm³/mol. The molecule has 28 heavy (non-hydrogen) atoms. The molecule has 144 valence electrons. The van der Waals surface area contributed by atoms with Gasteiger partial charge in [-0.3, -0.25) is 14.5 Å². The molecule has 0 atom stereocenters. The Morgan fingerprint density at radius 3 is 2.39 bits per heavy atom. The van der Waals surface area contributed by atoms with Crippen LogP contribution in [0.4, 0.5) is 0 Å². The van der Waals surface area contributed by atoms with Gasteiger partial charge in [0.2, 0.25) is 0 Å². The molecular formula is C23H24N2O3. The van der Waals surface area contributed by atoms with Gasteiger partial charge in [-0.25, -0.2) is 0 Å². The molecule has 0 aromatic heterocycles. The first-order valence-electron chi connectivity index (χ1n) is 9.72. The lowest BCUT2D eigenvalue weighted by Crippen LogP contribution is -2.41. The van der Waals surface area contributed by atoms with E-state index in [4.69, 9.17) is 4.74 Å². The normalized spacial score (nSPS) is 18.4. The van der Waals surface area contributed by atoms with Gasteiger partial charge in [0.15, 0.2) is 0 Å². The fraction of sp³-hybridized carbons (Fsp3) is 0.304. The molecule has 1 saturated heterocycles. The first kappa shape index (κ1) is 18.3. The minimum absolute atomic E-state index is 0.239. The summed E-state index contributed by atoms with van der Waals surface area (Å²) in [6, 6.07) is 14.9. The summed E-state index contributed by atoms with van der Waals surface area (Å²) in [6.45, 7) is 2.14. The van der Waals surface area contributed by atoms with Crippen molar-refractivity contribution in [1.29, 1.82) is 0 Å². The van der Waals surface area contributed by atoms with Crippen molar-refractivity contribution >= 4 is 17.4 Å². The number of amides is 2. The summed E-state index contributed by atoms with van der Waals surface area (Å²) >= 11 is 0. The number of hydrogen-bond acceptors (Lipinski definition) is 4. The smallest absolute Gasteiger partial charge is 0.263 e. The fourth-order valence-corrected chi connectivity index (χ4v) is 3.82. The molecule has 4 rings (SSSR count). The molecular weight excluding hydrogens is 352 g/mol. The molecule has 2 amide bonds. The summed E-state index contributed by atoms with van der Waals surface area (Å²) in [5, 5.41) is 0. The van der Waals surface area contributed by atoms with E-state index in [1.807, 2.05) is 42.6 Å². The first-order chi connectivity index (χ1) is 13.7. The van der Waals surface area contributed by atoms with Crippen molar-refractivity contribution in [2.24, 2.45) is 0 Å². The number of rotatable bonds is 4. The highest BCUT2D eigenvalue weighted by molar-refractivity contribution is 6.30. The van der Waals surface area contributed by atoms with Gasteiger partial charge in [0, 0.05) is 24.9 Å². The van der Waals surface area contributed by atoms with Gasteiger partial charge in [-0.1, -0.05) is 30.3 Å². The Bertz CT molecular complexity index is 915. The van der Waals surface area contributed by atoms with E-state index in [1.165, 1.54) is 11.3 Å². The number of piperidine rings is 1. The van der Waals surface area contributed by atoms with Crippen LogP contribution in [0.5, 0.6) is 5.75 Å². The summed E-state index contributed by atoms with van der Waals surface area (Å²) < 4.78 is 5.31. The molecule has 5 nitrogen and oxygen atoms in total. The average molecular weight is 376 g/mol. The summed E-state index contributed by atoms with van der Waals surface area (Å²) in [5.41, 5.74) is 2.70. The minimum atomic E-state index is -0.279. The van der Waals surface area contributed by atoms with Crippen molar-refractivity contribution in [2.75, 3.05) is 20.2 Å². The second-order valence-electron chi connectivity index (χ2n) is 7.23. The van der Waals surface area contributed by atoms with Crippen LogP contribution in [0, 0.1) is 0 Å². The van der Waals surface area contributed by atoms with Crippen LogP contribution in [-0.2, 0) is 11.3 Å². The highest BCUT2D eigenvalue weighted by atomic mass is 16.5. The Morgan fingerprint density at radius 2 is 1.68 bits per heavy atom. The van der Waals surface area contributed by atoms with Crippen LogP contribution < -0.4 is 4.74 Å². The van der Waals surface area contributed by atoms with E-state index in [2.05, 4.69) is 4.90 Å². The third-order valence-corrected chi connectivity index (χ3v) is 5.35. The molecule has 2 heterocycles. The summed E-state index contributed by atoms with van der Waals surface area (Å²) in [4.78, 5) is 30.0. The van der Waals surface area contributed by atoms with Crippen molar-refractivity contribution in [1.82, 2.24) is 9.80 Å². The van der Waals surface area contributed by atoms with Gasteiger partial charge in [0.05, 0.1) is 24.8 Å². The molecule has 2 aliphatic heterocycles. The lowest BCUT2D eigenvalue weighted by molar-refractivity contribution is -0.123. The van der Waals surface area contributed by atoms with Crippen molar-refractivity contribution < 1.29 is 14.3 Å². The van der Waals surface area contributed by atoms with Crippen LogP contribution >= 0.6 is 0 Å². The van der Waals surface area contributed by atoms with Gasteiger partial charge in [-0.2, -0.15) is 0 Å². The topological polar surface area (TPSA) is 49.9 Å². The molecule has 5 heteroatoms. The molecule has 0 unspecified atom stereocenters. The molecule has 0 bridgehead atoms. The third-order valence-electron chi connectivity index (χ3n) is 5.35. The second kappa shape index (κ2) is 7.89. The van der Waals surface area contributed by atoms with E-state index in [0.29, 0.717) is 22.4 Å². The van der Waals surface area contributed by atoms with Crippen LogP contribution in [0.15, 0.2) is 54.7 Å². The zero-order valence-electron chi connectivity index (χ0n) is 16.1. The van der Waals surface area contributed by atoms with Crippen LogP contribution in [0.25, 0.3) is 5.57 Å². The third kappa shape index (κ3) is 3.52. The van der Waals surface area contributed by atoms with E-state index in [9.17, 15) is 9.59 Å². The van der Waals surface area contributed by atoms with Crippen LogP contribution in [0.2, 0.25) is 0 Å². The Labute approximate surface area is 165 Å². The Balaban J connectivity index is 1.76. The van der Waals surface area contributed by atoms with Gasteiger partial charge in [-0.15, -0.1) is 0 Å². The zero-order valence-corrected chi connectivity index (χ0v) is 16.1. The maximum Gasteiger partial charge on any atom is 0.263 e. The maximum absolute atomic E-state index is 13.3. The number of imide groups is 1. The molecule has 0 saturated carbocycles. The molecule has 0 aliphatic carbocycles. The van der Waals surface area contributed by atoms with E-state index in [0.717, 1.165) is 31.5 Å². The number of methoxy groups -OCH3 is 1. The number of benzene rings is 2. The maximum atomic E-state index is 13.3. The molecule has 2 aromatic rings. The SMILES string of the molecule is COc1ccc2c(c1)C(=O)N(Cc1ccccc1)C(=O)/C2=C\N1CCCCC1. The number of hydrogen-bond donors (Lipinski definition) is 0. The van der Waals surface area contributed by atoms with E-state index in [1.54, 1.807) is 19.2 Å². The lowest BCUT2D eigenvalue weighted by Gasteiger charge is -2.31. The minimum Gasteiger partial charge on any atom is -0.497 e. The van der Waals surface area contributed by atoms with Gasteiger partial charge >= 0.3 is 0 Å². The molecule has 0 spiro atoms. The molecule has 1 fully saturated rings. The van der Waals surface area contributed by atoms with Gasteiger partial charge in [0.1, 0.15) is 5.75 Å². The number of nitrogens with zero attached hydrogens (tertiary/aromatic N) is 2. The van der Waals surface area contributed by atoms with Gasteiger partial charge < -0.3 is 9.64 Å². The van der Waals surface area contributed by atoms with Crippen LogP contribution in [-0.4, -0.2) is 41.8 Å². The Morgan fingerprint density at radius 1 is 0.929 bits per heavy atom. The van der Waals surface area contributed by atoms with Crippen molar-refractivity contribution in [3.63, 3.8) is 0 Å². The summed E-state index contributed by atoms with van der Waals surface area (Å²) in [5.74, 6) is 0.0917. The Hall–Kier alpha value is -3.08. The number of carbonyl (C=O) groups excluding carboxylic acids is 2. The van der Waals surface area contributed by atoms with Crippen molar-refractivity contribution in [3.05, 3.63) is 71.4 Å². The predicted octanol–water partition coefficient (Wildman–Crippen LogP) is 3.70. The molecule has 2 aliphatic rings. The Kier molecular flexibility index (Phi) is 5.15. The van der Waals surface area contributed by atoms with E-state index in [-0.39, 0.29) is 18.4 Å². The quantitative estimate of drug-likeness (QED) is 0.603. The number of carbonyl (C=O) groups is 2. The highest BCUT2D eigenvalue weighted by Crippen LogP contribution is 2.33. The summed E-state index contributed by atoms with van der Waals surface area (Å²) in [6.07, 6.45) is 5.41. The average Bonchev–Trinajstić information content (AvgIpc) is 2.75. The van der Waals surface area contributed by atoms with Crippen molar-refractivity contribution in [3.8, 4) is 5.75 Å². The number of likely N-dealkylation sites (tertiary alicyclic amines) is 1. The van der Waals surface area contributed by atoms with Gasteiger partial charge in [-0.05, 0) is 43.0 Å². The van der Waals surface area contributed by atoms with Gasteiger partial charge in [0.25, 0.3) is 11.8 Å². The zero-order chi connectivity index (χ0) is 19.5. The second-order valence-corrected chi connectivity index (χ2v) is 7.23.